The molecular weight excluding hydrogens is 276 g/mol. The third-order valence-corrected chi connectivity index (χ3v) is 4.55. The van der Waals surface area contributed by atoms with Gasteiger partial charge in [0.1, 0.15) is 5.75 Å². The van der Waals surface area contributed by atoms with Crippen LogP contribution in [0.2, 0.25) is 0 Å². The number of benzene rings is 1. The van der Waals surface area contributed by atoms with E-state index < -0.39 is 10.8 Å². The van der Waals surface area contributed by atoms with Crippen LogP contribution in [0.15, 0.2) is 18.2 Å². The Labute approximate surface area is 122 Å². The molecule has 1 unspecified atom stereocenters. The number of nitrogens with two attached hydrogens (primary N) is 1. The van der Waals surface area contributed by atoms with Gasteiger partial charge in [0, 0.05) is 34.3 Å². The summed E-state index contributed by atoms with van der Waals surface area (Å²) in [6.07, 6.45) is 0.941. The van der Waals surface area contributed by atoms with Crippen LogP contribution >= 0.6 is 0 Å². The van der Waals surface area contributed by atoms with E-state index >= 15 is 0 Å². The third kappa shape index (κ3) is 5.21. The van der Waals surface area contributed by atoms with Gasteiger partial charge < -0.3 is 15.8 Å². The van der Waals surface area contributed by atoms with E-state index in [-0.39, 0.29) is 11.2 Å². The Morgan fingerprint density at radius 2 is 2.15 bits per heavy atom. The van der Waals surface area contributed by atoms with Crippen LogP contribution in [-0.2, 0) is 15.6 Å². The molecule has 0 bridgehead atoms. The summed E-state index contributed by atoms with van der Waals surface area (Å²) in [4.78, 5) is 11.8. The molecule has 1 aromatic rings. The number of hydrogen-bond acceptors (Lipinski definition) is 4. The Morgan fingerprint density at radius 1 is 1.45 bits per heavy atom. The normalized spacial score (nSPS) is 12.2. The minimum Gasteiger partial charge on any atom is -0.497 e. The van der Waals surface area contributed by atoms with Gasteiger partial charge in [-0.3, -0.25) is 9.00 Å². The van der Waals surface area contributed by atoms with Crippen LogP contribution in [0.5, 0.6) is 5.75 Å². The fourth-order valence-electron chi connectivity index (χ4n) is 1.61. The van der Waals surface area contributed by atoms with Crippen LogP contribution in [0.4, 0.5) is 11.4 Å². The van der Waals surface area contributed by atoms with Gasteiger partial charge in [-0.15, -0.1) is 0 Å². The Hall–Kier alpha value is -1.56. The molecule has 1 amide bonds. The average molecular weight is 298 g/mol. The molecule has 20 heavy (non-hydrogen) atoms. The summed E-state index contributed by atoms with van der Waals surface area (Å²) in [6.45, 7) is 3.82. The number of rotatable bonds is 7. The number of ether oxygens (including phenoxy) is 1. The molecule has 1 aromatic carbocycles. The van der Waals surface area contributed by atoms with Crippen molar-refractivity contribution in [3.05, 3.63) is 18.2 Å². The molecule has 0 fully saturated rings. The molecule has 0 radical (unpaired) electrons. The SMILES string of the molecule is COc1ccc(NC(=O)CCCS(=O)C(C)C)c(N)c1. The molecule has 6 heteroatoms. The number of anilines is 2. The van der Waals surface area contributed by atoms with Crippen molar-refractivity contribution in [2.24, 2.45) is 0 Å². The molecule has 0 aliphatic rings. The van der Waals surface area contributed by atoms with Crippen LogP contribution in [-0.4, -0.2) is 28.2 Å². The molecule has 3 N–H and O–H groups in total. The van der Waals surface area contributed by atoms with Crippen LogP contribution in [0, 0.1) is 0 Å². The molecule has 5 nitrogen and oxygen atoms in total. The standard InChI is InChI=1S/C14H22N2O3S/c1-10(2)20(18)8-4-5-14(17)16-13-7-6-11(19-3)9-12(13)15/h6-7,9-10H,4-5,8,15H2,1-3H3,(H,16,17). The van der Waals surface area contributed by atoms with Crippen LogP contribution in [0.25, 0.3) is 0 Å². The van der Waals surface area contributed by atoms with Gasteiger partial charge in [0.05, 0.1) is 18.5 Å². The van der Waals surface area contributed by atoms with E-state index in [4.69, 9.17) is 10.5 Å². The maximum atomic E-state index is 11.8. The summed E-state index contributed by atoms with van der Waals surface area (Å²) >= 11 is 0. The van der Waals surface area contributed by atoms with Crippen LogP contribution in [0.1, 0.15) is 26.7 Å². The van der Waals surface area contributed by atoms with Crippen LogP contribution in [0.3, 0.4) is 0 Å². The van der Waals surface area contributed by atoms with Gasteiger partial charge in [-0.1, -0.05) is 13.8 Å². The molecule has 0 aliphatic carbocycles. The van der Waals surface area contributed by atoms with Crippen molar-refractivity contribution in [1.29, 1.82) is 0 Å². The van der Waals surface area contributed by atoms with E-state index in [1.165, 1.54) is 0 Å². The van der Waals surface area contributed by atoms with Gasteiger partial charge in [0.25, 0.3) is 0 Å². The Morgan fingerprint density at radius 3 is 2.70 bits per heavy atom. The van der Waals surface area contributed by atoms with Gasteiger partial charge in [-0.05, 0) is 18.6 Å². The lowest BCUT2D eigenvalue weighted by molar-refractivity contribution is -0.116. The smallest absolute Gasteiger partial charge is 0.224 e. The average Bonchev–Trinajstić information content (AvgIpc) is 2.40. The Kier molecular flexibility index (Phi) is 6.51. The minimum absolute atomic E-state index is 0.123. The second-order valence-electron chi connectivity index (χ2n) is 4.74. The summed E-state index contributed by atoms with van der Waals surface area (Å²) in [6, 6.07) is 5.10. The largest absolute Gasteiger partial charge is 0.497 e. The first-order chi connectivity index (χ1) is 9.43. The summed E-state index contributed by atoms with van der Waals surface area (Å²) in [5.41, 5.74) is 6.85. The zero-order chi connectivity index (χ0) is 15.1. The third-order valence-electron chi connectivity index (χ3n) is 2.81. The van der Waals surface area contributed by atoms with E-state index in [1.807, 2.05) is 13.8 Å². The topological polar surface area (TPSA) is 81.4 Å². The molecule has 0 saturated heterocycles. The molecule has 1 rings (SSSR count). The zero-order valence-electron chi connectivity index (χ0n) is 12.1. The number of carbonyl (C=O) groups is 1. The number of nitrogen functional groups attached to an aromatic ring is 1. The second kappa shape index (κ2) is 7.89. The minimum atomic E-state index is -0.865. The van der Waals surface area contributed by atoms with Crippen molar-refractivity contribution in [3.8, 4) is 5.75 Å². The Balaban J connectivity index is 2.45. The molecular formula is C14H22N2O3S. The maximum Gasteiger partial charge on any atom is 0.224 e. The highest BCUT2D eigenvalue weighted by Crippen LogP contribution is 2.24. The van der Waals surface area contributed by atoms with Gasteiger partial charge in [-0.2, -0.15) is 0 Å². The van der Waals surface area contributed by atoms with E-state index in [0.717, 1.165) is 0 Å². The highest BCUT2D eigenvalue weighted by molar-refractivity contribution is 7.85. The molecule has 0 aromatic heterocycles. The number of hydrogen-bond donors (Lipinski definition) is 2. The number of methoxy groups -OCH3 is 1. The van der Waals surface area contributed by atoms with Crippen molar-refractivity contribution in [2.45, 2.75) is 31.9 Å². The molecule has 0 spiro atoms. The van der Waals surface area contributed by atoms with Crippen LogP contribution < -0.4 is 15.8 Å². The predicted molar refractivity (Wildman–Crippen MR) is 83.4 cm³/mol. The van der Waals surface area contributed by atoms with Crippen molar-refractivity contribution >= 4 is 28.1 Å². The first-order valence-electron chi connectivity index (χ1n) is 6.54. The van der Waals surface area contributed by atoms with Crippen molar-refractivity contribution in [1.82, 2.24) is 0 Å². The molecule has 1 atom stereocenters. The summed E-state index contributed by atoms with van der Waals surface area (Å²) in [5.74, 6) is 1.07. The fourth-order valence-corrected chi connectivity index (χ4v) is 2.51. The van der Waals surface area contributed by atoms with E-state index in [9.17, 15) is 9.00 Å². The molecule has 0 saturated carbocycles. The molecule has 112 valence electrons. The predicted octanol–water partition coefficient (Wildman–Crippen LogP) is 2.15. The lowest BCUT2D eigenvalue weighted by atomic mass is 10.2. The molecule has 0 heterocycles. The fraction of sp³-hybridized carbons (Fsp3) is 0.500. The summed E-state index contributed by atoms with van der Waals surface area (Å²) in [7, 11) is 0.693. The van der Waals surface area contributed by atoms with Gasteiger partial charge in [0.15, 0.2) is 0 Å². The maximum absolute atomic E-state index is 11.8. The highest BCUT2D eigenvalue weighted by atomic mass is 32.2. The van der Waals surface area contributed by atoms with Crippen molar-refractivity contribution < 1.29 is 13.7 Å². The van der Waals surface area contributed by atoms with Gasteiger partial charge in [-0.25, -0.2) is 0 Å². The van der Waals surface area contributed by atoms with Gasteiger partial charge in [0.2, 0.25) is 5.91 Å². The first-order valence-corrected chi connectivity index (χ1v) is 7.92. The van der Waals surface area contributed by atoms with E-state index in [2.05, 4.69) is 5.32 Å². The zero-order valence-corrected chi connectivity index (χ0v) is 13.0. The van der Waals surface area contributed by atoms with Crippen molar-refractivity contribution in [2.75, 3.05) is 23.9 Å². The highest BCUT2D eigenvalue weighted by Gasteiger charge is 2.09. The van der Waals surface area contributed by atoms with Gasteiger partial charge >= 0.3 is 0 Å². The first kappa shape index (κ1) is 16.5. The summed E-state index contributed by atoms with van der Waals surface area (Å²) < 4.78 is 16.6. The number of amides is 1. The quantitative estimate of drug-likeness (QED) is 0.756. The second-order valence-corrected chi connectivity index (χ2v) is 6.85. The Bertz CT molecular complexity index is 489. The lowest BCUT2D eigenvalue weighted by Crippen LogP contribution is -2.15. The number of carbonyl (C=O) groups excluding carboxylic acids is 1. The lowest BCUT2D eigenvalue weighted by Gasteiger charge is -2.10. The molecule has 0 aliphatic heterocycles. The van der Waals surface area contributed by atoms with Crippen molar-refractivity contribution in [3.63, 3.8) is 0 Å². The van der Waals surface area contributed by atoms with E-state index in [1.54, 1.807) is 25.3 Å². The van der Waals surface area contributed by atoms with E-state index in [0.29, 0.717) is 35.7 Å². The number of nitrogens with one attached hydrogen (secondary N) is 1. The monoisotopic (exact) mass is 298 g/mol. The summed E-state index contributed by atoms with van der Waals surface area (Å²) in [5, 5.41) is 2.88.